The third kappa shape index (κ3) is 5.58. The van der Waals surface area contributed by atoms with E-state index in [1.807, 2.05) is 29.2 Å². The summed E-state index contributed by atoms with van der Waals surface area (Å²) in [5.41, 5.74) is 1.13. The van der Waals surface area contributed by atoms with Gasteiger partial charge in [-0.15, -0.1) is 11.3 Å². The zero-order chi connectivity index (χ0) is 22.4. The molecule has 0 saturated carbocycles. The molecule has 2 aromatic rings. The highest BCUT2D eigenvalue weighted by atomic mass is 32.1. The number of hydrogen-bond donors (Lipinski definition) is 0. The summed E-state index contributed by atoms with van der Waals surface area (Å²) >= 11 is 1.72. The van der Waals surface area contributed by atoms with Crippen LogP contribution in [0.2, 0.25) is 0 Å². The second kappa shape index (κ2) is 10.7. The van der Waals surface area contributed by atoms with Crippen LogP contribution in [0, 0.1) is 5.92 Å². The number of para-hydroxylation sites is 2. The summed E-state index contributed by atoms with van der Waals surface area (Å²) in [6, 6.07) is 9.41. The molecule has 1 aliphatic rings. The van der Waals surface area contributed by atoms with Gasteiger partial charge in [-0.3, -0.25) is 9.59 Å². The van der Waals surface area contributed by atoms with E-state index in [-0.39, 0.29) is 24.4 Å². The van der Waals surface area contributed by atoms with Gasteiger partial charge in [0.15, 0.2) is 11.5 Å². The number of ether oxygens (including phenoxy) is 2. The first-order chi connectivity index (χ1) is 14.9. The van der Waals surface area contributed by atoms with Crippen LogP contribution in [0.4, 0.5) is 0 Å². The molecule has 168 valence electrons. The van der Waals surface area contributed by atoms with Crippen molar-refractivity contribution in [2.24, 2.45) is 5.92 Å². The Bertz CT molecular complexity index is 897. The number of benzene rings is 1. The number of carbonyl (C=O) groups excluding carboxylic acids is 2. The van der Waals surface area contributed by atoms with Crippen LogP contribution in [0.25, 0.3) is 0 Å². The number of amides is 2. The van der Waals surface area contributed by atoms with Crippen LogP contribution in [-0.4, -0.2) is 55.0 Å². The predicted octanol–water partition coefficient (Wildman–Crippen LogP) is 4.16. The molecule has 2 amide bonds. The highest BCUT2D eigenvalue weighted by Gasteiger charge is 2.33. The molecule has 31 heavy (non-hydrogen) atoms. The lowest BCUT2D eigenvalue weighted by molar-refractivity contribution is -0.142. The van der Waals surface area contributed by atoms with Crippen LogP contribution < -0.4 is 9.47 Å². The smallest absolute Gasteiger partial charge is 0.242 e. The van der Waals surface area contributed by atoms with Crippen LogP contribution in [0.1, 0.15) is 43.7 Å². The predicted molar refractivity (Wildman–Crippen MR) is 123 cm³/mol. The average molecular weight is 445 g/mol. The Morgan fingerprint density at radius 3 is 2.68 bits per heavy atom. The fourth-order valence-corrected chi connectivity index (χ4v) is 4.77. The summed E-state index contributed by atoms with van der Waals surface area (Å²) in [7, 11) is 1.61. The van der Waals surface area contributed by atoms with E-state index in [4.69, 9.17) is 9.47 Å². The van der Waals surface area contributed by atoms with E-state index < -0.39 is 0 Å². The Hall–Kier alpha value is -2.54. The molecule has 1 aromatic heterocycles. The molecule has 1 aliphatic heterocycles. The van der Waals surface area contributed by atoms with Crippen LogP contribution in [0.15, 0.2) is 35.7 Å². The van der Waals surface area contributed by atoms with Gasteiger partial charge >= 0.3 is 0 Å². The second-order valence-electron chi connectivity index (χ2n) is 8.03. The Morgan fingerprint density at radius 2 is 2.00 bits per heavy atom. The number of thiophene rings is 1. The van der Waals surface area contributed by atoms with Gasteiger partial charge in [-0.05, 0) is 41.5 Å². The maximum absolute atomic E-state index is 13.3. The van der Waals surface area contributed by atoms with Crippen molar-refractivity contribution in [3.63, 3.8) is 0 Å². The lowest BCUT2D eigenvalue weighted by atomic mass is 10.00. The van der Waals surface area contributed by atoms with E-state index in [1.54, 1.807) is 23.3 Å². The summed E-state index contributed by atoms with van der Waals surface area (Å²) in [4.78, 5) is 30.3. The number of rotatable bonds is 9. The van der Waals surface area contributed by atoms with E-state index in [0.29, 0.717) is 37.1 Å². The first-order valence-corrected chi connectivity index (χ1v) is 11.7. The van der Waals surface area contributed by atoms with Gasteiger partial charge in [-0.25, -0.2) is 0 Å². The molecule has 0 spiro atoms. The van der Waals surface area contributed by atoms with E-state index in [1.165, 1.54) is 11.8 Å². The molecule has 7 heteroatoms. The summed E-state index contributed by atoms with van der Waals surface area (Å²) in [6.07, 6.45) is 1.80. The molecule has 3 rings (SSSR count). The third-order valence-corrected chi connectivity index (χ3v) is 6.88. The van der Waals surface area contributed by atoms with Gasteiger partial charge in [0.25, 0.3) is 0 Å². The molecule has 0 fully saturated rings. The molecule has 0 saturated heterocycles. The molecule has 0 aliphatic carbocycles. The van der Waals surface area contributed by atoms with Crippen molar-refractivity contribution in [2.75, 3.05) is 33.4 Å². The van der Waals surface area contributed by atoms with Crippen LogP contribution in [-0.2, 0) is 16.0 Å². The summed E-state index contributed by atoms with van der Waals surface area (Å²) in [5.74, 6) is 1.57. The monoisotopic (exact) mass is 444 g/mol. The molecular formula is C24H32N2O4S. The van der Waals surface area contributed by atoms with Crippen molar-refractivity contribution in [2.45, 2.75) is 39.7 Å². The highest BCUT2D eigenvalue weighted by molar-refractivity contribution is 7.10. The Labute approximate surface area is 188 Å². The normalized spacial score (nSPS) is 16.4. The number of methoxy groups -OCH3 is 1. The van der Waals surface area contributed by atoms with Gasteiger partial charge < -0.3 is 19.3 Å². The van der Waals surface area contributed by atoms with Crippen LogP contribution in [0.5, 0.6) is 11.5 Å². The molecular weight excluding hydrogens is 412 g/mol. The minimum Gasteiger partial charge on any atom is -0.493 e. The van der Waals surface area contributed by atoms with Crippen molar-refractivity contribution >= 4 is 23.2 Å². The fraction of sp³-hybridized carbons (Fsp3) is 0.500. The van der Waals surface area contributed by atoms with Gasteiger partial charge in [0.1, 0.15) is 6.61 Å². The molecule has 0 bridgehead atoms. The van der Waals surface area contributed by atoms with Gasteiger partial charge in [-0.2, -0.15) is 0 Å². The van der Waals surface area contributed by atoms with Crippen LogP contribution >= 0.6 is 11.3 Å². The minimum atomic E-state index is -0.190. The SMILES string of the molecule is CC[C@@H](C)CN(CC(=O)N1CCc2sccc2[C@H]1COc1ccccc1OC)C(C)=O. The lowest BCUT2D eigenvalue weighted by Gasteiger charge is -2.37. The molecule has 2 heterocycles. The van der Waals surface area contributed by atoms with Gasteiger partial charge in [0.2, 0.25) is 11.8 Å². The second-order valence-corrected chi connectivity index (χ2v) is 9.03. The fourth-order valence-electron chi connectivity index (χ4n) is 3.85. The molecule has 1 aromatic carbocycles. The molecule has 6 nitrogen and oxygen atoms in total. The molecule has 0 radical (unpaired) electrons. The van der Waals surface area contributed by atoms with E-state index in [2.05, 4.69) is 25.3 Å². The average Bonchev–Trinajstić information content (AvgIpc) is 3.25. The molecule has 0 N–H and O–H groups in total. The first kappa shape index (κ1) is 23.1. The summed E-state index contributed by atoms with van der Waals surface area (Å²) in [5, 5.41) is 2.07. The van der Waals surface area contributed by atoms with Gasteiger partial charge in [-0.1, -0.05) is 32.4 Å². The van der Waals surface area contributed by atoms with E-state index in [0.717, 1.165) is 18.4 Å². The molecule has 0 unspecified atom stereocenters. The van der Waals surface area contributed by atoms with Crippen molar-refractivity contribution < 1.29 is 19.1 Å². The van der Waals surface area contributed by atoms with Crippen molar-refractivity contribution in [3.8, 4) is 11.5 Å². The first-order valence-electron chi connectivity index (χ1n) is 10.8. The van der Waals surface area contributed by atoms with Gasteiger partial charge in [0, 0.05) is 24.9 Å². The van der Waals surface area contributed by atoms with Crippen molar-refractivity contribution in [1.82, 2.24) is 9.80 Å². The van der Waals surface area contributed by atoms with E-state index in [9.17, 15) is 9.59 Å². The van der Waals surface area contributed by atoms with Gasteiger partial charge in [0.05, 0.1) is 19.7 Å². The molecule has 2 atom stereocenters. The maximum Gasteiger partial charge on any atom is 0.242 e. The van der Waals surface area contributed by atoms with Crippen molar-refractivity contribution in [3.05, 3.63) is 46.2 Å². The lowest BCUT2D eigenvalue weighted by Crippen LogP contribution is -2.48. The third-order valence-electron chi connectivity index (χ3n) is 5.88. The van der Waals surface area contributed by atoms with E-state index >= 15 is 0 Å². The zero-order valence-electron chi connectivity index (χ0n) is 18.8. The number of fused-ring (bicyclic) bond motifs is 1. The summed E-state index contributed by atoms with van der Waals surface area (Å²) < 4.78 is 11.5. The number of hydrogen-bond acceptors (Lipinski definition) is 5. The van der Waals surface area contributed by atoms with Crippen molar-refractivity contribution in [1.29, 1.82) is 0 Å². The number of nitrogens with zero attached hydrogens (tertiary/aromatic N) is 2. The topological polar surface area (TPSA) is 59.1 Å². The quantitative estimate of drug-likeness (QED) is 0.583. The minimum absolute atomic E-state index is 0.0380. The Balaban J connectivity index is 1.77. The largest absolute Gasteiger partial charge is 0.493 e. The maximum atomic E-state index is 13.3. The zero-order valence-corrected chi connectivity index (χ0v) is 19.6. The Morgan fingerprint density at radius 1 is 1.26 bits per heavy atom. The Kier molecular flexibility index (Phi) is 7.96. The number of carbonyl (C=O) groups is 2. The van der Waals surface area contributed by atoms with Crippen LogP contribution in [0.3, 0.4) is 0 Å². The highest BCUT2D eigenvalue weighted by Crippen LogP contribution is 2.35. The summed E-state index contributed by atoms with van der Waals surface area (Å²) in [6.45, 7) is 7.39. The standard InChI is InChI=1S/C24H32N2O4S/c1-5-17(2)14-25(18(3)27)15-24(28)26-12-10-23-19(11-13-31-23)20(26)16-30-22-9-7-6-8-21(22)29-4/h6-9,11,13,17,20H,5,10,12,14-16H2,1-4H3/t17-,20-/m1/s1.